The summed E-state index contributed by atoms with van der Waals surface area (Å²) in [5, 5.41) is 24.9. The van der Waals surface area contributed by atoms with Crippen LogP contribution >= 0.6 is 0 Å². The summed E-state index contributed by atoms with van der Waals surface area (Å²) in [7, 11) is 2.73. The van der Waals surface area contributed by atoms with Gasteiger partial charge in [-0.3, -0.25) is 14.9 Å². The zero-order valence-corrected chi connectivity index (χ0v) is 11.5. The van der Waals surface area contributed by atoms with Gasteiger partial charge in [0.2, 0.25) is 0 Å². The number of benzene rings is 1. The molecule has 1 atom stereocenters. The number of amides is 1. The summed E-state index contributed by atoms with van der Waals surface area (Å²) >= 11 is 0. The van der Waals surface area contributed by atoms with Crippen molar-refractivity contribution < 1.29 is 24.4 Å². The van der Waals surface area contributed by atoms with Gasteiger partial charge in [0.25, 0.3) is 11.6 Å². The number of carbonyl (C=O) groups excluding carboxylic acids is 1. The van der Waals surface area contributed by atoms with E-state index in [2.05, 4.69) is 10.6 Å². The van der Waals surface area contributed by atoms with E-state index >= 15 is 0 Å². The number of carboxylic acid groups (broad SMARTS) is 1. The van der Waals surface area contributed by atoms with Crippen LogP contribution in [0.2, 0.25) is 0 Å². The van der Waals surface area contributed by atoms with Gasteiger partial charge in [0, 0.05) is 25.8 Å². The molecule has 21 heavy (non-hydrogen) atoms. The van der Waals surface area contributed by atoms with Crippen LogP contribution in [0.3, 0.4) is 0 Å². The minimum absolute atomic E-state index is 0.0643. The zero-order valence-electron chi connectivity index (χ0n) is 11.5. The number of aliphatic carboxylic acids is 1. The van der Waals surface area contributed by atoms with Crippen LogP contribution in [-0.4, -0.2) is 48.7 Å². The number of hydrogen-bond acceptors (Lipinski definition) is 6. The van der Waals surface area contributed by atoms with E-state index in [0.717, 1.165) is 6.07 Å². The number of anilines is 1. The molecular formula is C12H15N3O6. The van der Waals surface area contributed by atoms with Crippen molar-refractivity contribution in [3.8, 4) is 0 Å². The Kier molecular flexibility index (Phi) is 5.61. The fourth-order valence-corrected chi connectivity index (χ4v) is 1.63. The fourth-order valence-electron chi connectivity index (χ4n) is 1.63. The van der Waals surface area contributed by atoms with Gasteiger partial charge in [0.1, 0.15) is 11.7 Å². The van der Waals surface area contributed by atoms with Crippen molar-refractivity contribution >= 4 is 23.3 Å². The molecule has 0 aliphatic heterocycles. The maximum Gasteiger partial charge on any atom is 0.328 e. The van der Waals surface area contributed by atoms with E-state index in [9.17, 15) is 19.7 Å². The average Bonchev–Trinajstić information content (AvgIpc) is 2.45. The van der Waals surface area contributed by atoms with Crippen molar-refractivity contribution in [2.24, 2.45) is 0 Å². The fraction of sp³-hybridized carbons (Fsp3) is 0.333. The molecule has 0 bridgehead atoms. The second kappa shape index (κ2) is 7.20. The van der Waals surface area contributed by atoms with Crippen molar-refractivity contribution in [3.05, 3.63) is 33.9 Å². The van der Waals surface area contributed by atoms with Gasteiger partial charge in [-0.25, -0.2) is 4.79 Å². The SMILES string of the molecule is CNC(=O)c1ccc([N+](=O)[O-])c(NC(COC)C(=O)O)c1. The normalized spacial score (nSPS) is 11.5. The Hall–Kier alpha value is -2.68. The van der Waals surface area contributed by atoms with Gasteiger partial charge in [-0.15, -0.1) is 0 Å². The first-order chi connectivity index (χ1) is 9.90. The number of nitrogens with zero attached hydrogens (tertiary/aromatic N) is 1. The molecule has 0 saturated carbocycles. The number of carboxylic acids is 1. The van der Waals surface area contributed by atoms with Crippen LogP contribution in [0.1, 0.15) is 10.4 Å². The van der Waals surface area contributed by atoms with E-state index in [1.54, 1.807) is 0 Å². The Morgan fingerprint density at radius 3 is 2.62 bits per heavy atom. The summed E-state index contributed by atoms with van der Waals surface area (Å²) in [6, 6.07) is 2.48. The van der Waals surface area contributed by atoms with Crippen LogP contribution in [0.15, 0.2) is 18.2 Å². The lowest BCUT2D eigenvalue weighted by Gasteiger charge is -2.15. The number of carbonyl (C=O) groups is 2. The van der Waals surface area contributed by atoms with E-state index in [-0.39, 0.29) is 23.5 Å². The number of hydrogen-bond donors (Lipinski definition) is 3. The standard InChI is InChI=1S/C12H15N3O6/c1-13-11(16)7-3-4-10(15(19)20)8(5-7)14-9(6-21-2)12(17)18/h3-5,9,14H,6H2,1-2H3,(H,13,16)(H,17,18). The molecule has 9 heteroatoms. The Balaban J connectivity index is 3.19. The van der Waals surface area contributed by atoms with E-state index in [0.29, 0.717) is 0 Å². The highest BCUT2D eigenvalue weighted by atomic mass is 16.6. The van der Waals surface area contributed by atoms with Crippen LogP contribution in [0.4, 0.5) is 11.4 Å². The second-order valence-corrected chi connectivity index (χ2v) is 4.06. The highest BCUT2D eigenvalue weighted by molar-refractivity contribution is 5.96. The van der Waals surface area contributed by atoms with Crippen LogP contribution in [0.5, 0.6) is 0 Å². The summed E-state index contributed by atoms with van der Waals surface area (Å²) in [5.41, 5.74) is -0.220. The quantitative estimate of drug-likeness (QED) is 0.492. The van der Waals surface area contributed by atoms with Crippen molar-refractivity contribution in [1.29, 1.82) is 0 Å². The number of nitrogens with one attached hydrogen (secondary N) is 2. The number of nitro benzene ring substituents is 1. The summed E-state index contributed by atoms with van der Waals surface area (Å²) < 4.78 is 4.74. The van der Waals surface area contributed by atoms with Crippen LogP contribution in [0.25, 0.3) is 0 Å². The Morgan fingerprint density at radius 1 is 1.48 bits per heavy atom. The lowest BCUT2D eigenvalue weighted by Crippen LogP contribution is -2.34. The number of rotatable bonds is 7. The first kappa shape index (κ1) is 16.4. The first-order valence-corrected chi connectivity index (χ1v) is 5.89. The average molecular weight is 297 g/mol. The number of ether oxygens (including phenoxy) is 1. The maximum absolute atomic E-state index is 11.5. The number of nitro groups is 1. The Labute approximate surface area is 120 Å². The third-order valence-corrected chi connectivity index (χ3v) is 2.64. The monoisotopic (exact) mass is 297 g/mol. The van der Waals surface area contributed by atoms with E-state index in [4.69, 9.17) is 9.84 Å². The Morgan fingerprint density at radius 2 is 2.14 bits per heavy atom. The molecular weight excluding hydrogens is 282 g/mol. The molecule has 0 aliphatic rings. The lowest BCUT2D eigenvalue weighted by atomic mass is 10.1. The van der Waals surface area contributed by atoms with Gasteiger partial charge < -0.3 is 20.5 Å². The van der Waals surface area contributed by atoms with Gasteiger partial charge in [0.15, 0.2) is 0 Å². The highest BCUT2D eigenvalue weighted by Crippen LogP contribution is 2.26. The highest BCUT2D eigenvalue weighted by Gasteiger charge is 2.23. The summed E-state index contributed by atoms with van der Waals surface area (Å²) in [6.45, 7) is -0.184. The molecule has 0 spiro atoms. The molecule has 114 valence electrons. The van der Waals surface area contributed by atoms with E-state index in [1.807, 2.05) is 0 Å². The molecule has 0 heterocycles. The van der Waals surface area contributed by atoms with Crippen LogP contribution in [-0.2, 0) is 9.53 Å². The summed E-state index contributed by atoms with van der Waals surface area (Å²) in [5.74, 6) is -1.66. The van der Waals surface area contributed by atoms with Crippen LogP contribution < -0.4 is 10.6 Å². The molecule has 1 rings (SSSR count). The summed E-state index contributed by atoms with van der Waals surface area (Å²) in [6.07, 6.45) is 0. The molecule has 0 aliphatic carbocycles. The molecule has 1 aromatic carbocycles. The first-order valence-electron chi connectivity index (χ1n) is 5.89. The van der Waals surface area contributed by atoms with Crippen molar-refractivity contribution in [2.45, 2.75) is 6.04 Å². The minimum Gasteiger partial charge on any atom is -0.480 e. The van der Waals surface area contributed by atoms with Gasteiger partial charge in [0.05, 0.1) is 11.5 Å². The number of methoxy groups -OCH3 is 1. The van der Waals surface area contributed by atoms with Gasteiger partial charge in [-0.2, -0.15) is 0 Å². The molecule has 1 aromatic rings. The van der Waals surface area contributed by atoms with Crippen molar-refractivity contribution in [3.63, 3.8) is 0 Å². The van der Waals surface area contributed by atoms with Crippen molar-refractivity contribution in [1.82, 2.24) is 5.32 Å². The molecule has 0 radical (unpaired) electrons. The molecule has 1 amide bonds. The maximum atomic E-state index is 11.5. The molecule has 9 nitrogen and oxygen atoms in total. The predicted molar refractivity (Wildman–Crippen MR) is 73.4 cm³/mol. The smallest absolute Gasteiger partial charge is 0.328 e. The second-order valence-electron chi connectivity index (χ2n) is 4.06. The Bertz CT molecular complexity index is 560. The third-order valence-electron chi connectivity index (χ3n) is 2.64. The molecule has 0 aromatic heterocycles. The molecule has 1 unspecified atom stereocenters. The lowest BCUT2D eigenvalue weighted by molar-refractivity contribution is -0.384. The van der Waals surface area contributed by atoms with Gasteiger partial charge >= 0.3 is 5.97 Å². The molecule has 0 fully saturated rings. The van der Waals surface area contributed by atoms with E-state index < -0.39 is 22.8 Å². The molecule has 3 N–H and O–H groups in total. The topological polar surface area (TPSA) is 131 Å². The van der Waals surface area contributed by atoms with Gasteiger partial charge in [-0.05, 0) is 12.1 Å². The van der Waals surface area contributed by atoms with Gasteiger partial charge in [-0.1, -0.05) is 0 Å². The minimum atomic E-state index is -1.23. The molecule has 0 saturated heterocycles. The van der Waals surface area contributed by atoms with Crippen LogP contribution in [0, 0.1) is 10.1 Å². The van der Waals surface area contributed by atoms with Crippen molar-refractivity contribution in [2.75, 3.05) is 26.1 Å². The largest absolute Gasteiger partial charge is 0.480 e. The summed E-state index contributed by atoms with van der Waals surface area (Å²) in [4.78, 5) is 32.9. The third kappa shape index (κ3) is 4.14. The van der Waals surface area contributed by atoms with E-state index in [1.165, 1.54) is 26.3 Å². The predicted octanol–water partition coefficient (Wildman–Crippen LogP) is 0.466. The zero-order chi connectivity index (χ0) is 16.0.